The van der Waals surface area contributed by atoms with Crippen LogP contribution in [0.25, 0.3) is 0 Å². The molecule has 1 fully saturated rings. The molecule has 1 aromatic heterocycles. The smallest absolute Gasteiger partial charge is 0.123 e. The summed E-state index contributed by atoms with van der Waals surface area (Å²) in [5.74, 6) is -0.136. The van der Waals surface area contributed by atoms with Crippen molar-refractivity contribution in [2.75, 3.05) is 19.6 Å². The summed E-state index contributed by atoms with van der Waals surface area (Å²) in [6, 6.07) is 9.82. The lowest BCUT2D eigenvalue weighted by Crippen LogP contribution is -2.46. The summed E-state index contributed by atoms with van der Waals surface area (Å²) in [4.78, 5) is 9.36. The van der Waals surface area contributed by atoms with Gasteiger partial charge in [0, 0.05) is 38.1 Å². The number of piperidine rings is 1. The van der Waals surface area contributed by atoms with E-state index >= 15 is 0 Å². The van der Waals surface area contributed by atoms with Gasteiger partial charge in [0.15, 0.2) is 0 Å². The first kappa shape index (κ1) is 15.7. The topological polar surface area (TPSA) is 19.4 Å². The number of hydrogen-bond acceptors (Lipinski definition) is 3. The highest BCUT2D eigenvalue weighted by Gasteiger charge is 2.27. The van der Waals surface area contributed by atoms with Gasteiger partial charge in [0.1, 0.15) is 5.82 Å². The van der Waals surface area contributed by atoms with Crippen LogP contribution in [0.15, 0.2) is 42.7 Å². The van der Waals surface area contributed by atoms with Crippen molar-refractivity contribution in [1.82, 2.24) is 14.8 Å². The molecule has 0 saturated carbocycles. The van der Waals surface area contributed by atoms with Crippen LogP contribution in [0.3, 0.4) is 0 Å². The van der Waals surface area contributed by atoms with Crippen LogP contribution in [-0.4, -0.2) is 40.5 Å². The molecule has 3 nitrogen and oxygen atoms in total. The third kappa shape index (κ3) is 3.50. The summed E-state index contributed by atoms with van der Waals surface area (Å²) < 4.78 is 13.3. The Balaban J connectivity index is 1.32. The van der Waals surface area contributed by atoms with Gasteiger partial charge in [-0.25, -0.2) is 4.39 Å². The minimum absolute atomic E-state index is 0.136. The van der Waals surface area contributed by atoms with Gasteiger partial charge in [-0.3, -0.25) is 14.8 Å². The van der Waals surface area contributed by atoms with Crippen molar-refractivity contribution >= 4 is 0 Å². The highest BCUT2D eigenvalue weighted by atomic mass is 19.1. The lowest BCUT2D eigenvalue weighted by molar-refractivity contribution is 0.0947. The second-order valence-corrected chi connectivity index (χ2v) is 7.00. The van der Waals surface area contributed by atoms with Crippen molar-refractivity contribution in [2.45, 2.75) is 38.4 Å². The fraction of sp³-hybridized carbons (Fsp3) is 0.450. The molecule has 1 aromatic carbocycles. The van der Waals surface area contributed by atoms with Crippen molar-refractivity contribution < 1.29 is 4.39 Å². The van der Waals surface area contributed by atoms with Gasteiger partial charge < -0.3 is 0 Å². The van der Waals surface area contributed by atoms with Gasteiger partial charge in [-0.15, -0.1) is 0 Å². The van der Waals surface area contributed by atoms with Crippen LogP contribution in [0.2, 0.25) is 0 Å². The van der Waals surface area contributed by atoms with Crippen molar-refractivity contribution in [2.24, 2.45) is 0 Å². The predicted octanol–water partition coefficient (Wildman–Crippen LogP) is 3.24. The van der Waals surface area contributed by atoms with Gasteiger partial charge in [0.05, 0.1) is 0 Å². The van der Waals surface area contributed by atoms with Gasteiger partial charge in [0.25, 0.3) is 0 Å². The van der Waals surface area contributed by atoms with Gasteiger partial charge in [-0.2, -0.15) is 0 Å². The predicted molar refractivity (Wildman–Crippen MR) is 93.1 cm³/mol. The number of halogens is 1. The number of hydrogen-bond donors (Lipinski definition) is 0. The monoisotopic (exact) mass is 325 g/mol. The van der Waals surface area contributed by atoms with E-state index < -0.39 is 0 Å². The maximum atomic E-state index is 13.3. The molecule has 0 bridgehead atoms. The molecule has 126 valence electrons. The first-order valence-corrected chi connectivity index (χ1v) is 8.90. The Hall–Kier alpha value is -1.78. The Morgan fingerprint density at radius 2 is 1.96 bits per heavy atom. The molecule has 0 aliphatic carbocycles. The molecule has 3 heterocycles. The summed E-state index contributed by atoms with van der Waals surface area (Å²) in [5.41, 5.74) is 3.93. The van der Waals surface area contributed by atoms with E-state index in [2.05, 4.69) is 20.9 Å². The zero-order valence-corrected chi connectivity index (χ0v) is 14.0. The molecule has 1 saturated heterocycles. The molecular formula is C20H24FN3. The number of benzene rings is 1. The van der Waals surface area contributed by atoms with Crippen LogP contribution in [0.5, 0.6) is 0 Å². The number of pyridine rings is 1. The van der Waals surface area contributed by atoms with Crippen molar-refractivity contribution in [3.05, 3.63) is 65.2 Å². The molecule has 0 amide bonds. The highest BCUT2D eigenvalue weighted by Crippen LogP contribution is 2.25. The molecular weight excluding hydrogens is 301 g/mol. The zero-order chi connectivity index (χ0) is 16.4. The van der Waals surface area contributed by atoms with E-state index in [1.165, 1.54) is 30.0 Å². The number of rotatable bonds is 3. The third-order valence-corrected chi connectivity index (χ3v) is 5.42. The van der Waals surface area contributed by atoms with E-state index in [4.69, 9.17) is 0 Å². The quantitative estimate of drug-likeness (QED) is 0.863. The third-order valence-electron chi connectivity index (χ3n) is 5.42. The van der Waals surface area contributed by atoms with Crippen LogP contribution in [0.1, 0.15) is 29.5 Å². The van der Waals surface area contributed by atoms with Crippen molar-refractivity contribution in [1.29, 1.82) is 0 Å². The maximum absolute atomic E-state index is 13.3. The molecule has 0 N–H and O–H groups in total. The fourth-order valence-corrected chi connectivity index (χ4v) is 4.05. The van der Waals surface area contributed by atoms with E-state index in [1.807, 2.05) is 18.5 Å². The largest absolute Gasteiger partial charge is 0.299 e. The van der Waals surface area contributed by atoms with Crippen molar-refractivity contribution in [3.8, 4) is 0 Å². The first-order chi connectivity index (χ1) is 11.8. The average Bonchev–Trinajstić information content (AvgIpc) is 2.62. The van der Waals surface area contributed by atoms with Gasteiger partial charge in [0.2, 0.25) is 0 Å². The summed E-state index contributed by atoms with van der Waals surface area (Å²) in [6.07, 6.45) is 7.47. The Morgan fingerprint density at radius 3 is 2.79 bits per heavy atom. The molecule has 2 aliphatic rings. The minimum Gasteiger partial charge on any atom is -0.299 e. The number of nitrogens with zero attached hydrogens (tertiary/aromatic N) is 3. The Morgan fingerprint density at radius 1 is 1.08 bits per heavy atom. The van der Waals surface area contributed by atoms with E-state index in [0.717, 1.165) is 44.7 Å². The Labute approximate surface area is 143 Å². The zero-order valence-electron chi connectivity index (χ0n) is 14.0. The standard InChI is InChI=1S/C20H24FN3/c21-19-3-1-2-16(12-19)14-23-9-6-20(7-10-23)24-11-5-17-4-8-22-13-18(17)15-24/h1-4,8,12-13,20H,5-7,9-11,14-15H2. The summed E-state index contributed by atoms with van der Waals surface area (Å²) in [6.45, 7) is 5.25. The normalized spacial score (nSPS) is 20.0. The highest BCUT2D eigenvalue weighted by molar-refractivity contribution is 5.25. The molecule has 0 spiro atoms. The molecule has 2 aliphatic heterocycles. The van der Waals surface area contributed by atoms with E-state index in [-0.39, 0.29) is 5.82 Å². The van der Waals surface area contributed by atoms with Gasteiger partial charge in [-0.1, -0.05) is 12.1 Å². The Bertz CT molecular complexity index is 695. The maximum Gasteiger partial charge on any atom is 0.123 e. The number of likely N-dealkylation sites (tertiary alicyclic amines) is 1. The van der Waals surface area contributed by atoms with Crippen LogP contribution in [0, 0.1) is 5.82 Å². The lowest BCUT2D eigenvalue weighted by Gasteiger charge is -2.40. The van der Waals surface area contributed by atoms with E-state index in [0.29, 0.717) is 6.04 Å². The fourth-order valence-electron chi connectivity index (χ4n) is 4.05. The van der Waals surface area contributed by atoms with Crippen LogP contribution >= 0.6 is 0 Å². The molecule has 4 heteroatoms. The molecule has 2 aromatic rings. The van der Waals surface area contributed by atoms with Crippen molar-refractivity contribution in [3.63, 3.8) is 0 Å². The second kappa shape index (κ2) is 6.99. The average molecular weight is 325 g/mol. The number of fused-ring (bicyclic) bond motifs is 1. The number of aromatic nitrogens is 1. The lowest BCUT2D eigenvalue weighted by atomic mass is 9.96. The summed E-state index contributed by atoms with van der Waals surface area (Å²) in [7, 11) is 0. The molecule has 24 heavy (non-hydrogen) atoms. The van der Waals surface area contributed by atoms with Crippen LogP contribution in [-0.2, 0) is 19.5 Å². The summed E-state index contributed by atoms with van der Waals surface area (Å²) in [5, 5.41) is 0. The molecule has 0 atom stereocenters. The molecule has 0 unspecified atom stereocenters. The van der Waals surface area contributed by atoms with Crippen LogP contribution < -0.4 is 0 Å². The Kier molecular flexibility index (Phi) is 4.58. The van der Waals surface area contributed by atoms with Gasteiger partial charge >= 0.3 is 0 Å². The second-order valence-electron chi connectivity index (χ2n) is 7.00. The molecule has 0 radical (unpaired) electrons. The summed E-state index contributed by atoms with van der Waals surface area (Å²) >= 11 is 0. The van der Waals surface area contributed by atoms with Gasteiger partial charge in [-0.05, 0) is 67.2 Å². The SMILES string of the molecule is Fc1cccc(CN2CCC(N3CCc4ccncc4C3)CC2)c1. The van der Waals surface area contributed by atoms with E-state index in [1.54, 1.807) is 12.1 Å². The van der Waals surface area contributed by atoms with E-state index in [9.17, 15) is 4.39 Å². The van der Waals surface area contributed by atoms with Crippen LogP contribution in [0.4, 0.5) is 4.39 Å². The first-order valence-electron chi connectivity index (χ1n) is 8.90. The minimum atomic E-state index is -0.136. The molecule has 4 rings (SSSR count).